The van der Waals surface area contributed by atoms with Crippen molar-refractivity contribution < 1.29 is 9.90 Å². The van der Waals surface area contributed by atoms with Crippen LogP contribution in [0.1, 0.15) is 40.5 Å². The van der Waals surface area contributed by atoms with E-state index in [1.54, 1.807) is 0 Å². The van der Waals surface area contributed by atoms with Crippen molar-refractivity contribution in [3.63, 3.8) is 0 Å². The number of carboxylic acid groups (broad SMARTS) is 1. The van der Waals surface area contributed by atoms with Crippen LogP contribution in [0, 0.1) is 11.8 Å². The lowest BCUT2D eigenvalue weighted by atomic mass is 9.87. The first-order valence-corrected chi connectivity index (χ1v) is 4.75. The summed E-state index contributed by atoms with van der Waals surface area (Å²) in [6.07, 6.45) is 1.42. The quantitative estimate of drug-likeness (QED) is 0.690. The van der Waals surface area contributed by atoms with Crippen LogP contribution in [0.5, 0.6) is 0 Å². The smallest absolute Gasteiger partial charge is 0.306 e. The number of carbonyl (C=O) groups is 1. The Morgan fingerprint density at radius 1 is 1.46 bits per heavy atom. The third-order valence-electron chi connectivity index (χ3n) is 2.22. The minimum Gasteiger partial charge on any atom is -0.481 e. The number of nitrogens with two attached hydrogens (primary N) is 1. The molecule has 0 aromatic heterocycles. The molecule has 0 aliphatic rings. The summed E-state index contributed by atoms with van der Waals surface area (Å²) in [6, 6.07) is 0. The van der Waals surface area contributed by atoms with Crippen LogP contribution in [0.2, 0.25) is 0 Å². The average molecular weight is 187 g/mol. The number of hydrogen-bond donors (Lipinski definition) is 2. The molecular weight excluding hydrogens is 166 g/mol. The van der Waals surface area contributed by atoms with E-state index in [9.17, 15) is 4.79 Å². The van der Waals surface area contributed by atoms with Gasteiger partial charge in [0.25, 0.3) is 0 Å². The maximum Gasteiger partial charge on any atom is 0.306 e. The number of aliphatic carboxylic acids is 1. The van der Waals surface area contributed by atoms with E-state index in [4.69, 9.17) is 10.8 Å². The minimum atomic E-state index is -0.709. The summed E-state index contributed by atoms with van der Waals surface area (Å²) in [7, 11) is 0. The summed E-state index contributed by atoms with van der Waals surface area (Å²) in [6.45, 7) is 7.71. The fraction of sp³-hybridized carbons (Fsp3) is 0.900. The first-order chi connectivity index (χ1) is 5.74. The molecule has 0 fully saturated rings. The molecule has 3 heteroatoms. The standard InChI is InChI=1S/C10H21NO2/c1-7(2)8(9(12)13)5-6-10(3,4)11/h7-8H,5-6,11H2,1-4H3,(H,12,13). The Kier molecular flexibility index (Phi) is 4.40. The second-order valence-corrected chi connectivity index (χ2v) is 4.72. The highest BCUT2D eigenvalue weighted by Gasteiger charge is 2.23. The Labute approximate surface area is 80.3 Å². The summed E-state index contributed by atoms with van der Waals surface area (Å²) in [5.74, 6) is -0.790. The van der Waals surface area contributed by atoms with Gasteiger partial charge in [-0.1, -0.05) is 13.8 Å². The molecule has 0 aliphatic heterocycles. The predicted molar refractivity (Wildman–Crippen MR) is 53.5 cm³/mol. The number of rotatable bonds is 5. The molecule has 0 radical (unpaired) electrons. The molecule has 0 saturated carbocycles. The largest absolute Gasteiger partial charge is 0.481 e. The van der Waals surface area contributed by atoms with E-state index in [1.165, 1.54) is 0 Å². The third-order valence-corrected chi connectivity index (χ3v) is 2.22. The van der Waals surface area contributed by atoms with E-state index in [1.807, 2.05) is 27.7 Å². The van der Waals surface area contributed by atoms with E-state index in [0.29, 0.717) is 6.42 Å². The zero-order valence-corrected chi connectivity index (χ0v) is 9.00. The molecule has 1 atom stereocenters. The van der Waals surface area contributed by atoms with Crippen LogP contribution >= 0.6 is 0 Å². The Bertz CT molecular complexity index is 170. The maximum absolute atomic E-state index is 10.8. The van der Waals surface area contributed by atoms with Gasteiger partial charge in [-0.25, -0.2) is 0 Å². The zero-order chi connectivity index (χ0) is 10.6. The summed E-state index contributed by atoms with van der Waals surface area (Å²) in [5, 5.41) is 8.90. The Morgan fingerprint density at radius 2 is 1.92 bits per heavy atom. The van der Waals surface area contributed by atoms with E-state index >= 15 is 0 Å². The van der Waals surface area contributed by atoms with Gasteiger partial charge in [0.05, 0.1) is 5.92 Å². The molecule has 1 unspecified atom stereocenters. The van der Waals surface area contributed by atoms with Gasteiger partial charge in [0.1, 0.15) is 0 Å². The van der Waals surface area contributed by atoms with Crippen molar-refractivity contribution >= 4 is 5.97 Å². The van der Waals surface area contributed by atoms with Gasteiger partial charge in [0, 0.05) is 5.54 Å². The van der Waals surface area contributed by atoms with E-state index in [0.717, 1.165) is 6.42 Å². The molecule has 3 N–H and O–H groups in total. The molecule has 78 valence electrons. The first kappa shape index (κ1) is 12.4. The van der Waals surface area contributed by atoms with Crippen molar-refractivity contribution in [3.8, 4) is 0 Å². The van der Waals surface area contributed by atoms with Gasteiger partial charge in [-0.15, -0.1) is 0 Å². The topological polar surface area (TPSA) is 63.3 Å². The monoisotopic (exact) mass is 187 g/mol. The second kappa shape index (κ2) is 4.61. The van der Waals surface area contributed by atoms with Gasteiger partial charge < -0.3 is 10.8 Å². The van der Waals surface area contributed by atoms with Gasteiger partial charge in [-0.3, -0.25) is 4.79 Å². The highest BCUT2D eigenvalue weighted by atomic mass is 16.4. The highest BCUT2D eigenvalue weighted by Crippen LogP contribution is 2.20. The predicted octanol–water partition coefficient (Wildman–Crippen LogP) is 1.86. The Hall–Kier alpha value is -0.570. The van der Waals surface area contributed by atoms with Crippen LogP contribution in [0.15, 0.2) is 0 Å². The normalized spacial score (nSPS) is 14.6. The third kappa shape index (κ3) is 5.64. The van der Waals surface area contributed by atoms with Crippen molar-refractivity contribution in [1.29, 1.82) is 0 Å². The van der Waals surface area contributed by atoms with E-state index in [-0.39, 0.29) is 17.4 Å². The molecule has 0 aromatic carbocycles. The average Bonchev–Trinajstić information content (AvgIpc) is 1.82. The van der Waals surface area contributed by atoms with E-state index in [2.05, 4.69) is 0 Å². The Balaban J connectivity index is 4.06. The van der Waals surface area contributed by atoms with Crippen LogP contribution in [0.3, 0.4) is 0 Å². The molecular formula is C10H21NO2. The molecule has 0 aromatic rings. The molecule has 0 rings (SSSR count). The van der Waals surface area contributed by atoms with Gasteiger partial charge in [0.2, 0.25) is 0 Å². The maximum atomic E-state index is 10.8. The fourth-order valence-electron chi connectivity index (χ4n) is 1.27. The van der Waals surface area contributed by atoms with Crippen molar-refractivity contribution in [2.45, 2.75) is 46.1 Å². The molecule has 0 bridgehead atoms. The van der Waals surface area contributed by atoms with Crippen molar-refractivity contribution in [2.75, 3.05) is 0 Å². The minimum absolute atomic E-state index is 0.180. The molecule has 0 heterocycles. The van der Waals surface area contributed by atoms with Crippen LogP contribution in [0.25, 0.3) is 0 Å². The lowest BCUT2D eigenvalue weighted by molar-refractivity contribution is -0.143. The molecule has 0 spiro atoms. The van der Waals surface area contributed by atoms with Crippen LogP contribution < -0.4 is 5.73 Å². The molecule has 3 nitrogen and oxygen atoms in total. The van der Waals surface area contributed by atoms with Crippen molar-refractivity contribution in [2.24, 2.45) is 17.6 Å². The lowest BCUT2D eigenvalue weighted by Gasteiger charge is -2.22. The van der Waals surface area contributed by atoms with Gasteiger partial charge in [-0.2, -0.15) is 0 Å². The second-order valence-electron chi connectivity index (χ2n) is 4.72. The highest BCUT2D eigenvalue weighted by molar-refractivity contribution is 5.70. The summed E-state index contributed by atoms with van der Waals surface area (Å²) < 4.78 is 0. The summed E-state index contributed by atoms with van der Waals surface area (Å²) >= 11 is 0. The fourth-order valence-corrected chi connectivity index (χ4v) is 1.27. The van der Waals surface area contributed by atoms with Gasteiger partial charge >= 0.3 is 5.97 Å². The van der Waals surface area contributed by atoms with Gasteiger partial charge in [-0.05, 0) is 32.6 Å². The van der Waals surface area contributed by atoms with Crippen LogP contribution in [0.4, 0.5) is 0 Å². The molecule has 0 saturated heterocycles. The molecule has 0 aliphatic carbocycles. The number of hydrogen-bond acceptors (Lipinski definition) is 2. The molecule has 0 amide bonds. The van der Waals surface area contributed by atoms with E-state index < -0.39 is 5.97 Å². The van der Waals surface area contributed by atoms with Crippen molar-refractivity contribution in [1.82, 2.24) is 0 Å². The SMILES string of the molecule is CC(C)C(CCC(C)(C)N)C(=O)O. The lowest BCUT2D eigenvalue weighted by Crippen LogP contribution is -2.33. The van der Waals surface area contributed by atoms with Crippen LogP contribution in [-0.2, 0) is 4.79 Å². The molecule has 13 heavy (non-hydrogen) atoms. The zero-order valence-electron chi connectivity index (χ0n) is 9.00. The first-order valence-electron chi connectivity index (χ1n) is 4.75. The van der Waals surface area contributed by atoms with Crippen molar-refractivity contribution in [3.05, 3.63) is 0 Å². The Morgan fingerprint density at radius 3 is 2.15 bits per heavy atom. The number of carboxylic acids is 1. The summed E-state index contributed by atoms with van der Waals surface area (Å²) in [5.41, 5.74) is 5.53. The summed E-state index contributed by atoms with van der Waals surface area (Å²) in [4.78, 5) is 10.8. The van der Waals surface area contributed by atoms with Gasteiger partial charge in [0.15, 0.2) is 0 Å². The van der Waals surface area contributed by atoms with Crippen LogP contribution in [-0.4, -0.2) is 16.6 Å².